The van der Waals surface area contributed by atoms with E-state index in [9.17, 15) is 0 Å². The maximum atomic E-state index is 8.70. The van der Waals surface area contributed by atoms with Crippen molar-refractivity contribution >= 4 is 0 Å². The average molecular weight is 558 g/mol. The molecule has 0 bridgehead atoms. The van der Waals surface area contributed by atoms with Gasteiger partial charge in [0.2, 0.25) is 0 Å². The first-order valence-corrected chi connectivity index (χ1v) is 16.2. The standard InChI is InChI=1S/C40H63N/c1-33(2)17-10-18-34(3)19-11-20-35(4)21-12-22-36(5)23-13-24-37(6)25-14-26-38(7)27-15-28-39(8)29-16-30-40(9)31-32-41/h17,19,21,23,25,27,29,31H,10-16,18,20,22,24,26,28,30H2,1-9H3. The van der Waals surface area contributed by atoms with Gasteiger partial charge in [0.05, 0.1) is 6.07 Å². The molecule has 0 fully saturated rings. The molecule has 1 heteroatoms. The zero-order chi connectivity index (χ0) is 30.9. The fourth-order valence-corrected chi connectivity index (χ4v) is 4.66. The van der Waals surface area contributed by atoms with E-state index in [1.54, 1.807) is 6.08 Å². The molecule has 0 saturated heterocycles. The van der Waals surface area contributed by atoms with Gasteiger partial charge < -0.3 is 0 Å². The minimum atomic E-state index is 0.980. The second-order valence-electron chi connectivity index (χ2n) is 12.5. The molecule has 0 aromatic heterocycles. The molecule has 0 radical (unpaired) electrons. The van der Waals surface area contributed by atoms with Crippen LogP contribution in [0.25, 0.3) is 0 Å². The zero-order valence-electron chi connectivity index (χ0n) is 28.5. The van der Waals surface area contributed by atoms with Gasteiger partial charge in [-0.3, -0.25) is 0 Å². The van der Waals surface area contributed by atoms with E-state index < -0.39 is 0 Å². The molecule has 0 atom stereocenters. The van der Waals surface area contributed by atoms with Crippen molar-refractivity contribution in [2.75, 3.05) is 0 Å². The van der Waals surface area contributed by atoms with Gasteiger partial charge in [-0.1, -0.05) is 87.1 Å². The Morgan fingerprint density at radius 2 is 0.585 bits per heavy atom. The van der Waals surface area contributed by atoms with Crippen molar-refractivity contribution in [3.8, 4) is 6.07 Å². The van der Waals surface area contributed by atoms with Crippen molar-refractivity contribution in [2.24, 2.45) is 0 Å². The van der Waals surface area contributed by atoms with Crippen LogP contribution < -0.4 is 0 Å². The van der Waals surface area contributed by atoms with Gasteiger partial charge in [0, 0.05) is 6.08 Å². The van der Waals surface area contributed by atoms with E-state index in [0.717, 1.165) is 56.9 Å². The molecule has 0 aliphatic carbocycles. The van der Waals surface area contributed by atoms with Crippen molar-refractivity contribution in [3.63, 3.8) is 0 Å². The molecule has 0 aliphatic rings. The predicted octanol–water partition coefficient (Wildman–Crippen LogP) is 13.6. The highest BCUT2D eigenvalue weighted by Gasteiger charge is 1.96. The molecule has 0 spiro atoms. The summed E-state index contributed by atoms with van der Waals surface area (Å²) >= 11 is 0. The third-order valence-electron chi connectivity index (χ3n) is 7.59. The molecular weight excluding hydrogens is 494 g/mol. The summed E-state index contributed by atoms with van der Waals surface area (Å²) in [4.78, 5) is 0. The van der Waals surface area contributed by atoms with Crippen LogP contribution in [0.5, 0.6) is 0 Å². The van der Waals surface area contributed by atoms with Crippen LogP contribution in [0.2, 0.25) is 0 Å². The molecule has 0 aromatic rings. The van der Waals surface area contributed by atoms with Crippen molar-refractivity contribution in [1.29, 1.82) is 5.26 Å². The zero-order valence-corrected chi connectivity index (χ0v) is 28.5. The summed E-state index contributed by atoms with van der Waals surface area (Å²) in [6.45, 7) is 20.0. The molecule has 41 heavy (non-hydrogen) atoms. The average Bonchev–Trinajstić information content (AvgIpc) is 2.88. The lowest BCUT2D eigenvalue weighted by molar-refractivity contribution is 0.882. The lowest BCUT2D eigenvalue weighted by atomic mass is 10.0. The first kappa shape index (κ1) is 38.4. The van der Waals surface area contributed by atoms with E-state index in [4.69, 9.17) is 5.26 Å². The van der Waals surface area contributed by atoms with E-state index in [1.807, 2.05) is 6.92 Å². The summed E-state index contributed by atoms with van der Waals surface area (Å²) in [5, 5.41) is 8.70. The molecule has 0 rings (SSSR count). The lowest BCUT2D eigenvalue weighted by Crippen LogP contribution is -1.84. The monoisotopic (exact) mass is 557 g/mol. The van der Waals surface area contributed by atoms with Gasteiger partial charge >= 0.3 is 0 Å². The molecule has 0 aliphatic heterocycles. The Hall–Kier alpha value is -2.59. The second kappa shape index (κ2) is 25.1. The third-order valence-corrected chi connectivity index (χ3v) is 7.59. The van der Waals surface area contributed by atoms with E-state index in [1.165, 1.54) is 77.5 Å². The summed E-state index contributed by atoms with van der Waals surface area (Å²) in [6, 6.07) is 2.11. The number of hydrogen-bond acceptors (Lipinski definition) is 1. The third kappa shape index (κ3) is 26.1. The number of rotatable bonds is 21. The van der Waals surface area contributed by atoms with Crippen molar-refractivity contribution in [1.82, 2.24) is 0 Å². The molecule has 0 N–H and O–H groups in total. The van der Waals surface area contributed by atoms with Crippen LogP contribution in [0.3, 0.4) is 0 Å². The molecular formula is C40H63N. The van der Waals surface area contributed by atoms with Gasteiger partial charge in [0.15, 0.2) is 0 Å². The van der Waals surface area contributed by atoms with Crippen LogP contribution in [0.15, 0.2) is 93.2 Å². The Labute approximate surface area is 256 Å². The first-order chi connectivity index (χ1) is 19.5. The Balaban J connectivity index is 4.19. The molecule has 0 unspecified atom stereocenters. The molecule has 0 amide bonds. The normalized spacial score (nSPS) is 14.4. The quantitative estimate of drug-likeness (QED) is 0.102. The van der Waals surface area contributed by atoms with Crippen LogP contribution in [-0.4, -0.2) is 0 Å². The maximum Gasteiger partial charge on any atom is 0.0911 e. The molecule has 228 valence electrons. The number of nitrogens with zero attached hydrogens (tertiary/aromatic N) is 1. The summed E-state index contributed by atoms with van der Waals surface area (Å²) in [5.74, 6) is 0. The summed E-state index contributed by atoms with van der Waals surface area (Å²) in [5.41, 5.74) is 11.6. The Bertz CT molecular complexity index is 1020. The van der Waals surface area contributed by atoms with E-state index >= 15 is 0 Å². The second-order valence-corrected chi connectivity index (χ2v) is 12.5. The van der Waals surface area contributed by atoms with Crippen LogP contribution in [-0.2, 0) is 0 Å². The van der Waals surface area contributed by atoms with E-state index in [-0.39, 0.29) is 0 Å². The SMILES string of the molecule is CC(C)=CCCC(C)=CCCC(C)=CCCC(C)=CCCC(C)=CCCC(C)=CCCC(C)=CCCC(C)=CC#N. The van der Waals surface area contributed by atoms with Gasteiger partial charge in [-0.05, 0) is 152 Å². The van der Waals surface area contributed by atoms with E-state index in [2.05, 4.69) is 104 Å². The highest BCUT2D eigenvalue weighted by Crippen LogP contribution is 2.17. The number of nitriles is 1. The smallest absolute Gasteiger partial charge is 0.0911 e. The Kier molecular flexibility index (Phi) is 23.6. The minimum Gasteiger partial charge on any atom is -0.193 e. The first-order valence-electron chi connectivity index (χ1n) is 16.2. The fourth-order valence-electron chi connectivity index (χ4n) is 4.66. The molecule has 1 nitrogen and oxygen atoms in total. The van der Waals surface area contributed by atoms with Gasteiger partial charge in [-0.2, -0.15) is 5.26 Å². The highest BCUT2D eigenvalue weighted by atomic mass is 14.2. The van der Waals surface area contributed by atoms with Crippen molar-refractivity contribution in [2.45, 2.75) is 152 Å². The van der Waals surface area contributed by atoms with Gasteiger partial charge in [0.25, 0.3) is 0 Å². The molecule has 0 aromatic carbocycles. The Morgan fingerprint density at radius 3 is 0.805 bits per heavy atom. The van der Waals surface area contributed by atoms with Crippen LogP contribution in [0, 0.1) is 11.3 Å². The largest absolute Gasteiger partial charge is 0.193 e. The van der Waals surface area contributed by atoms with E-state index in [0.29, 0.717) is 0 Å². The predicted molar refractivity (Wildman–Crippen MR) is 186 cm³/mol. The van der Waals surface area contributed by atoms with Crippen LogP contribution >= 0.6 is 0 Å². The highest BCUT2D eigenvalue weighted by molar-refractivity contribution is 5.13. The van der Waals surface area contributed by atoms with Crippen LogP contribution in [0.4, 0.5) is 0 Å². The summed E-state index contributed by atoms with van der Waals surface area (Å²) in [6.07, 6.45) is 34.4. The summed E-state index contributed by atoms with van der Waals surface area (Å²) < 4.78 is 0. The number of allylic oxidation sites excluding steroid dienone is 16. The fraction of sp³-hybridized carbons (Fsp3) is 0.575. The number of hydrogen-bond donors (Lipinski definition) is 0. The molecule has 0 heterocycles. The Morgan fingerprint density at radius 1 is 0.366 bits per heavy atom. The van der Waals surface area contributed by atoms with Crippen molar-refractivity contribution in [3.05, 3.63) is 93.2 Å². The van der Waals surface area contributed by atoms with Crippen LogP contribution in [0.1, 0.15) is 152 Å². The van der Waals surface area contributed by atoms with Gasteiger partial charge in [0.1, 0.15) is 0 Å². The van der Waals surface area contributed by atoms with Crippen molar-refractivity contribution < 1.29 is 0 Å². The molecule has 0 saturated carbocycles. The maximum absolute atomic E-state index is 8.70. The van der Waals surface area contributed by atoms with Gasteiger partial charge in [-0.15, -0.1) is 0 Å². The summed E-state index contributed by atoms with van der Waals surface area (Å²) in [7, 11) is 0. The minimum absolute atomic E-state index is 0.980. The lowest BCUT2D eigenvalue weighted by Gasteiger charge is -2.04. The van der Waals surface area contributed by atoms with Gasteiger partial charge in [-0.25, -0.2) is 0 Å². The topological polar surface area (TPSA) is 23.8 Å².